The Labute approximate surface area is 279 Å². The number of benzene rings is 1. The predicted molar refractivity (Wildman–Crippen MR) is 181 cm³/mol. The SMILES string of the molecule is O=C(O)CCN1CC\N=C/C(Oc2cc(CN3CCC(CNC(=O)C4CC4)CC3)cc(-c3cc(Cl)cc(Cl)c3)n2)=C\N=C\NCC1. The van der Waals surface area contributed by atoms with E-state index in [1.807, 2.05) is 24.3 Å². The van der Waals surface area contributed by atoms with Gasteiger partial charge in [-0.25, -0.2) is 9.98 Å². The number of aliphatic carboxylic acids is 1. The number of carboxylic acids is 1. The van der Waals surface area contributed by atoms with Crippen LogP contribution >= 0.6 is 23.2 Å². The fourth-order valence-corrected chi connectivity index (χ4v) is 6.02. The van der Waals surface area contributed by atoms with Crippen LogP contribution in [0.3, 0.4) is 0 Å². The molecule has 1 saturated carbocycles. The van der Waals surface area contributed by atoms with E-state index in [0.717, 1.165) is 56.4 Å². The monoisotopic (exact) mass is 669 g/mol. The normalized spacial score (nSPS) is 21.1. The number of aliphatic imine (C=N–C) groups is 2. The fourth-order valence-electron chi connectivity index (χ4n) is 5.49. The molecule has 46 heavy (non-hydrogen) atoms. The number of hydrogen-bond acceptors (Lipinski definition) is 9. The van der Waals surface area contributed by atoms with Gasteiger partial charge in [-0.15, -0.1) is 0 Å². The number of nitrogens with one attached hydrogen (secondary N) is 2. The Morgan fingerprint density at radius 1 is 1.00 bits per heavy atom. The highest BCUT2D eigenvalue weighted by molar-refractivity contribution is 6.35. The lowest BCUT2D eigenvalue weighted by Crippen LogP contribution is -2.38. The Bertz CT molecular complexity index is 1440. The fraction of sp³-hybridized carbons (Fsp3) is 0.485. The van der Waals surface area contributed by atoms with Gasteiger partial charge in [-0.2, -0.15) is 0 Å². The molecule has 1 aromatic carbocycles. The number of carbonyl (C=O) groups excluding carboxylic acids is 1. The number of halogens is 2. The van der Waals surface area contributed by atoms with Gasteiger partial charge in [0.1, 0.15) is 0 Å². The van der Waals surface area contributed by atoms with Gasteiger partial charge in [-0.3, -0.25) is 24.4 Å². The molecule has 3 heterocycles. The number of allylic oxidation sites excluding steroid dienone is 1. The molecule has 2 fully saturated rings. The van der Waals surface area contributed by atoms with Crippen LogP contribution in [0.2, 0.25) is 10.0 Å². The number of piperidine rings is 1. The maximum absolute atomic E-state index is 12.1. The van der Waals surface area contributed by atoms with Crippen LogP contribution in [0.15, 0.2) is 52.3 Å². The number of rotatable bonds is 11. The Kier molecular flexibility index (Phi) is 12.4. The topological polar surface area (TPSA) is 132 Å². The molecule has 1 aliphatic carbocycles. The first kappa shape index (κ1) is 33.8. The van der Waals surface area contributed by atoms with Crippen LogP contribution in [0.5, 0.6) is 5.88 Å². The maximum atomic E-state index is 12.1. The van der Waals surface area contributed by atoms with Crippen molar-refractivity contribution < 1.29 is 19.4 Å². The lowest BCUT2D eigenvalue weighted by atomic mass is 9.96. The van der Waals surface area contributed by atoms with Crippen molar-refractivity contribution in [2.75, 3.05) is 52.4 Å². The summed E-state index contributed by atoms with van der Waals surface area (Å²) >= 11 is 12.7. The van der Waals surface area contributed by atoms with E-state index in [0.29, 0.717) is 72.6 Å². The van der Waals surface area contributed by atoms with Crippen LogP contribution in [0, 0.1) is 11.8 Å². The summed E-state index contributed by atoms with van der Waals surface area (Å²) in [4.78, 5) is 41.2. The quantitative estimate of drug-likeness (QED) is 0.319. The van der Waals surface area contributed by atoms with Crippen LogP contribution < -0.4 is 15.4 Å². The van der Waals surface area contributed by atoms with Gasteiger partial charge in [-0.1, -0.05) is 23.2 Å². The molecular formula is C33H41Cl2N7O4. The van der Waals surface area contributed by atoms with Crippen molar-refractivity contribution in [1.82, 2.24) is 25.4 Å². The van der Waals surface area contributed by atoms with Crippen LogP contribution in [0.25, 0.3) is 11.3 Å². The van der Waals surface area contributed by atoms with Crippen LogP contribution in [-0.2, 0) is 16.1 Å². The van der Waals surface area contributed by atoms with Crippen molar-refractivity contribution in [2.24, 2.45) is 21.8 Å². The molecule has 3 N–H and O–H groups in total. The molecular weight excluding hydrogens is 629 g/mol. The van der Waals surface area contributed by atoms with Gasteiger partial charge in [0.15, 0.2) is 5.76 Å². The Balaban J connectivity index is 1.29. The molecule has 0 atom stereocenters. The van der Waals surface area contributed by atoms with Crippen LogP contribution in [0.1, 0.15) is 37.7 Å². The number of pyridine rings is 1. The van der Waals surface area contributed by atoms with Crippen molar-refractivity contribution in [2.45, 2.75) is 38.6 Å². The molecule has 2 aromatic rings. The minimum atomic E-state index is -0.824. The van der Waals surface area contributed by atoms with E-state index >= 15 is 0 Å². The maximum Gasteiger partial charge on any atom is 0.304 e. The second kappa shape index (κ2) is 16.9. The Morgan fingerprint density at radius 2 is 1.78 bits per heavy atom. The number of amides is 1. The molecule has 0 radical (unpaired) electrons. The zero-order valence-corrected chi connectivity index (χ0v) is 27.3. The number of likely N-dealkylation sites (tertiary alicyclic amines) is 1. The number of aromatic nitrogens is 1. The Morgan fingerprint density at radius 3 is 2.52 bits per heavy atom. The van der Waals surface area contributed by atoms with Crippen molar-refractivity contribution in [3.8, 4) is 17.1 Å². The summed E-state index contributed by atoms with van der Waals surface area (Å²) in [6.07, 6.45) is 8.95. The predicted octanol–water partition coefficient (Wildman–Crippen LogP) is 4.49. The van der Waals surface area contributed by atoms with Gasteiger partial charge in [-0.05, 0) is 74.5 Å². The van der Waals surface area contributed by atoms with E-state index in [1.54, 1.807) is 24.8 Å². The average molecular weight is 671 g/mol. The molecule has 0 spiro atoms. The highest BCUT2D eigenvalue weighted by Gasteiger charge is 2.30. The number of carboxylic acid groups (broad SMARTS) is 1. The minimum Gasteiger partial charge on any atom is -0.481 e. The number of carbonyl (C=O) groups is 2. The van der Waals surface area contributed by atoms with Gasteiger partial charge < -0.3 is 20.5 Å². The average Bonchev–Trinajstić information content (AvgIpc) is 3.87. The number of nitrogens with zero attached hydrogens (tertiary/aromatic N) is 5. The van der Waals surface area contributed by atoms with Crippen molar-refractivity contribution in [3.63, 3.8) is 0 Å². The third-order valence-electron chi connectivity index (χ3n) is 8.21. The molecule has 0 bridgehead atoms. The van der Waals surface area contributed by atoms with Crippen molar-refractivity contribution in [1.29, 1.82) is 0 Å². The van der Waals surface area contributed by atoms with E-state index < -0.39 is 5.97 Å². The summed E-state index contributed by atoms with van der Waals surface area (Å²) < 4.78 is 6.26. The largest absolute Gasteiger partial charge is 0.481 e. The van der Waals surface area contributed by atoms with Crippen molar-refractivity contribution in [3.05, 3.63) is 57.9 Å². The van der Waals surface area contributed by atoms with E-state index in [4.69, 9.17) is 38.0 Å². The van der Waals surface area contributed by atoms with Gasteiger partial charge >= 0.3 is 5.97 Å². The molecule has 1 saturated heterocycles. The molecule has 1 aromatic heterocycles. The molecule has 5 rings (SSSR count). The van der Waals surface area contributed by atoms with E-state index in [1.165, 1.54) is 0 Å². The van der Waals surface area contributed by atoms with Gasteiger partial charge in [0.2, 0.25) is 11.8 Å². The molecule has 11 nitrogen and oxygen atoms in total. The lowest BCUT2D eigenvalue weighted by molar-refractivity contribution is -0.137. The number of ether oxygens (including phenoxy) is 1. The molecule has 246 valence electrons. The summed E-state index contributed by atoms with van der Waals surface area (Å²) in [5.74, 6) is 0.911. The summed E-state index contributed by atoms with van der Waals surface area (Å²) in [6, 6.07) is 9.30. The second-order valence-electron chi connectivity index (χ2n) is 12.0. The standard InChI is InChI=1S/C33H41Cl2N7O4/c34-27-15-26(16-28(35)17-27)30-13-24(21-42-8-3-23(4-9-42)18-39-33(45)25-1-2-25)14-31(40-30)46-29-19-36-6-11-41(10-5-32(43)44)12-7-37-22-38-20-29/h13-17,19-20,22-23,25H,1-12,18,21H2,(H,37,38)(H,39,45)(H,43,44)/b29-20+,36-19-. The molecule has 0 unspecified atom stereocenters. The lowest BCUT2D eigenvalue weighted by Gasteiger charge is -2.32. The molecule has 3 aliphatic rings. The van der Waals surface area contributed by atoms with Gasteiger partial charge in [0.05, 0.1) is 37.4 Å². The molecule has 2 aliphatic heterocycles. The van der Waals surface area contributed by atoms with Crippen LogP contribution in [0.4, 0.5) is 0 Å². The highest BCUT2D eigenvalue weighted by atomic mass is 35.5. The first-order valence-corrected chi connectivity index (χ1v) is 16.6. The third-order valence-corrected chi connectivity index (χ3v) is 8.65. The molecule has 13 heteroatoms. The third kappa shape index (κ3) is 11.1. The Hall–Kier alpha value is -3.51. The first-order chi connectivity index (χ1) is 22.3. The van der Waals surface area contributed by atoms with E-state index in [2.05, 4.69) is 30.4 Å². The summed E-state index contributed by atoms with van der Waals surface area (Å²) in [7, 11) is 0. The van der Waals surface area contributed by atoms with Crippen molar-refractivity contribution >= 4 is 47.6 Å². The van der Waals surface area contributed by atoms with Gasteiger partial charge in [0.25, 0.3) is 0 Å². The number of hydrogen-bond donors (Lipinski definition) is 3. The first-order valence-electron chi connectivity index (χ1n) is 15.9. The minimum absolute atomic E-state index is 0.0743. The summed E-state index contributed by atoms with van der Waals surface area (Å²) in [6.45, 7) is 6.19. The molecule has 1 amide bonds. The highest BCUT2D eigenvalue weighted by Crippen LogP contribution is 2.31. The van der Waals surface area contributed by atoms with Crippen LogP contribution in [-0.4, -0.2) is 96.7 Å². The van der Waals surface area contributed by atoms with E-state index in [9.17, 15) is 9.59 Å². The summed E-state index contributed by atoms with van der Waals surface area (Å²) in [5, 5.41) is 16.4. The smallest absolute Gasteiger partial charge is 0.304 e. The zero-order valence-electron chi connectivity index (χ0n) is 25.8. The summed E-state index contributed by atoms with van der Waals surface area (Å²) in [5.41, 5.74) is 2.49. The second-order valence-corrected chi connectivity index (χ2v) is 12.9. The van der Waals surface area contributed by atoms with E-state index in [-0.39, 0.29) is 18.2 Å². The van der Waals surface area contributed by atoms with Gasteiger partial charge in [0, 0.05) is 66.9 Å². The zero-order chi connectivity index (χ0) is 32.3.